The van der Waals surface area contributed by atoms with Crippen LogP contribution in [0, 0.1) is 0 Å². The van der Waals surface area contributed by atoms with Crippen LogP contribution in [0.4, 0.5) is 0 Å². The molecule has 2 aromatic carbocycles. The van der Waals surface area contributed by atoms with E-state index in [-0.39, 0.29) is 18.7 Å². The fourth-order valence-corrected chi connectivity index (χ4v) is 3.99. The van der Waals surface area contributed by atoms with Gasteiger partial charge in [-0.25, -0.2) is 0 Å². The molecule has 2 aromatic rings. The second-order valence-electron chi connectivity index (χ2n) is 7.52. The van der Waals surface area contributed by atoms with Crippen molar-refractivity contribution in [3.8, 4) is 17.2 Å². The summed E-state index contributed by atoms with van der Waals surface area (Å²) in [6, 6.07) is 14.2. The van der Waals surface area contributed by atoms with Gasteiger partial charge in [0.2, 0.25) is 12.7 Å². The van der Waals surface area contributed by atoms with Gasteiger partial charge < -0.3 is 19.5 Å². The summed E-state index contributed by atoms with van der Waals surface area (Å²) in [5.41, 5.74) is 2.29. The van der Waals surface area contributed by atoms with E-state index in [1.807, 2.05) is 30.3 Å². The van der Waals surface area contributed by atoms with Crippen LogP contribution in [0.3, 0.4) is 0 Å². The number of amides is 1. The molecule has 0 aliphatic carbocycles. The van der Waals surface area contributed by atoms with Crippen molar-refractivity contribution < 1.29 is 19.0 Å². The van der Waals surface area contributed by atoms with E-state index < -0.39 is 0 Å². The molecule has 29 heavy (non-hydrogen) atoms. The molecule has 2 aliphatic heterocycles. The third kappa shape index (κ3) is 4.82. The van der Waals surface area contributed by atoms with Gasteiger partial charge in [0.1, 0.15) is 5.75 Å². The summed E-state index contributed by atoms with van der Waals surface area (Å²) in [7, 11) is 1.67. The zero-order valence-electron chi connectivity index (χ0n) is 16.9. The van der Waals surface area contributed by atoms with Gasteiger partial charge in [0.15, 0.2) is 11.5 Å². The van der Waals surface area contributed by atoms with Crippen molar-refractivity contribution in [3.05, 3.63) is 53.6 Å². The van der Waals surface area contributed by atoms with Crippen LogP contribution in [-0.2, 0) is 11.2 Å². The van der Waals surface area contributed by atoms with Crippen molar-refractivity contribution in [3.63, 3.8) is 0 Å². The van der Waals surface area contributed by atoms with E-state index in [1.54, 1.807) is 7.11 Å². The number of methoxy groups -OCH3 is 1. The normalized spacial score (nSPS) is 16.6. The van der Waals surface area contributed by atoms with E-state index >= 15 is 0 Å². The molecular weight excluding hydrogens is 368 g/mol. The first kappa shape index (κ1) is 19.6. The van der Waals surface area contributed by atoms with Crippen molar-refractivity contribution in [1.82, 2.24) is 10.2 Å². The number of fused-ring (bicyclic) bond motifs is 1. The fourth-order valence-electron chi connectivity index (χ4n) is 3.99. The van der Waals surface area contributed by atoms with Crippen LogP contribution in [0.5, 0.6) is 17.2 Å². The number of benzene rings is 2. The number of nitrogens with zero attached hydrogens (tertiary/aromatic N) is 1. The summed E-state index contributed by atoms with van der Waals surface area (Å²) in [6.07, 6.45) is 3.56. The SMILES string of the molecule is COc1ccc(C(CNC(=O)CCc2ccc3c(c2)OCO3)N2CCCC2)cc1. The highest BCUT2D eigenvalue weighted by Gasteiger charge is 2.24. The number of hydrogen-bond donors (Lipinski definition) is 1. The van der Waals surface area contributed by atoms with E-state index in [4.69, 9.17) is 14.2 Å². The summed E-state index contributed by atoms with van der Waals surface area (Å²) < 4.78 is 16.0. The van der Waals surface area contributed by atoms with Gasteiger partial charge in [-0.1, -0.05) is 18.2 Å². The van der Waals surface area contributed by atoms with E-state index in [9.17, 15) is 4.79 Å². The molecule has 1 unspecified atom stereocenters. The molecule has 4 rings (SSSR count). The monoisotopic (exact) mass is 396 g/mol. The minimum absolute atomic E-state index is 0.0698. The van der Waals surface area contributed by atoms with Gasteiger partial charge >= 0.3 is 0 Å². The molecular formula is C23H28N2O4. The molecule has 2 aliphatic rings. The first-order chi connectivity index (χ1) is 14.2. The third-order valence-electron chi connectivity index (χ3n) is 5.65. The standard InChI is InChI=1S/C23H28N2O4/c1-27-19-8-6-18(7-9-19)20(25-12-2-3-13-25)15-24-23(26)11-5-17-4-10-21-22(14-17)29-16-28-21/h4,6-10,14,20H,2-3,5,11-13,15-16H2,1H3,(H,24,26). The average molecular weight is 396 g/mol. The quantitative estimate of drug-likeness (QED) is 0.742. The van der Waals surface area contributed by atoms with Crippen molar-refractivity contribution in [2.45, 2.75) is 31.7 Å². The molecule has 154 valence electrons. The molecule has 0 bridgehead atoms. The van der Waals surface area contributed by atoms with E-state index in [0.29, 0.717) is 19.4 Å². The molecule has 2 heterocycles. The van der Waals surface area contributed by atoms with Crippen LogP contribution in [0.15, 0.2) is 42.5 Å². The number of likely N-dealkylation sites (tertiary alicyclic amines) is 1. The number of hydrogen-bond acceptors (Lipinski definition) is 5. The van der Waals surface area contributed by atoms with Crippen LogP contribution in [0.1, 0.15) is 36.4 Å². The molecule has 6 heteroatoms. The number of rotatable bonds is 8. The highest BCUT2D eigenvalue weighted by molar-refractivity contribution is 5.76. The Labute approximate surface area is 171 Å². The third-order valence-corrected chi connectivity index (χ3v) is 5.65. The van der Waals surface area contributed by atoms with Gasteiger partial charge in [-0.2, -0.15) is 0 Å². The Morgan fingerprint density at radius 2 is 1.86 bits per heavy atom. The van der Waals surface area contributed by atoms with E-state index in [1.165, 1.54) is 18.4 Å². The molecule has 0 radical (unpaired) electrons. The molecule has 6 nitrogen and oxygen atoms in total. The van der Waals surface area contributed by atoms with Crippen LogP contribution in [0.25, 0.3) is 0 Å². The lowest BCUT2D eigenvalue weighted by Crippen LogP contribution is -2.36. The summed E-state index contributed by atoms with van der Waals surface area (Å²) in [5, 5.41) is 3.14. The Bertz CT molecular complexity index is 831. The first-order valence-electron chi connectivity index (χ1n) is 10.3. The largest absolute Gasteiger partial charge is 0.497 e. The second-order valence-corrected chi connectivity index (χ2v) is 7.52. The molecule has 0 spiro atoms. The first-order valence-corrected chi connectivity index (χ1v) is 10.3. The molecule has 1 amide bonds. The Kier molecular flexibility index (Phi) is 6.20. The lowest BCUT2D eigenvalue weighted by Gasteiger charge is -2.28. The molecule has 1 fully saturated rings. The summed E-state index contributed by atoms with van der Waals surface area (Å²) in [6.45, 7) is 3.03. The van der Waals surface area contributed by atoms with Crippen molar-refractivity contribution in [2.24, 2.45) is 0 Å². The maximum absolute atomic E-state index is 12.5. The molecule has 1 N–H and O–H groups in total. The number of carbonyl (C=O) groups excluding carboxylic acids is 1. The average Bonchev–Trinajstić information content (AvgIpc) is 3.44. The highest BCUT2D eigenvalue weighted by Crippen LogP contribution is 2.32. The van der Waals surface area contributed by atoms with Crippen LogP contribution in [0.2, 0.25) is 0 Å². The molecule has 0 aromatic heterocycles. The Hall–Kier alpha value is -2.73. The van der Waals surface area contributed by atoms with Crippen molar-refractivity contribution in [1.29, 1.82) is 0 Å². The zero-order chi connectivity index (χ0) is 20.1. The minimum atomic E-state index is 0.0698. The van der Waals surface area contributed by atoms with Crippen LogP contribution >= 0.6 is 0 Å². The van der Waals surface area contributed by atoms with E-state index in [0.717, 1.165) is 35.9 Å². The lowest BCUT2D eigenvalue weighted by molar-refractivity contribution is -0.121. The number of nitrogens with one attached hydrogen (secondary N) is 1. The lowest BCUT2D eigenvalue weighted by atomic mass is 10.0. The van der Waals surface area contributed by atoms with Gasteiger partial charge in [-0.15, -0.1) is 0 Å². The summed E-state index contributed by atoms with van der Waals surface area (Å²) >= 11 is 0. The van der Waals surface area contributed by atoms with Crippen LogP contribution in [-0.4, -0.2) is 44.3 Å². The summed E-state index contributed by atoms with van der Waals surface area (Å²) in [5.74, 6) is 2.45. The van der Waals surface area contributed by atoms with Gasteiger partial charge in [0.05, 0.1) is 13.2 Å². The topological polar surface area (TPSA) is 60.0 Å². The van der Waals surface area contributed by atoms with Gasteiger partial charge in [0, 0.05) is 13.0 Å². The predicted octanol–water partition coefficient (Wildman–Crippen LogP) is 3.31. The van der Waals surface area contributed by atoms with Gasteiger partial charge in [-0.05, 0) is 67.7 Å². The van der Waals surface area contributed by atoms with Crippen molar-refractivity contribution >= 4 is 5.91 Å². The maximum atomic E-state index is 12.5. The van der Waals surface area contributed by atoms with E-state index in [2.05, 4.69) is 22.3 Å². The zero-order valence-corrected chi connectivity index (χ0v) is 16.9. The van der Waals surface area contributed by atoms with Gasteiger partial charge in [-0.3, -0.25) is 9.69 Å². The van der Waals surface area contributed by atoms with Gasteiger partial charge in [0.25, 0.3) is 0 Å². The smallest absolute Gasteiger partial charge is 0.231 e. The number of carbonyl (C=O) groups is 1. The number of aryl methyl sites for hydroxylation is 1. The minimum Gasteiger partial charge on any atom is -0.497 e. The Morgan fingerprint density at radius 3 is 2.62 bits per heavy atom. The highest BCUT2D eigenvalue weighted by atomic mass is 16.7. The van der Waals surface area contributed by atoms with Crippen molar-refractivity contribution in [2.75, 3.05) is 33.5 Å². The number of ether oxygens (including phenoxy) is 3. The Morgan fingerprint density at radius 1 is 1.10 bits per heavy atom. The predicted molar refractivity (Wildman–Crippen MR) is 110 cm³/mol. The van der Waals surface area contributed by atoms with Crippen LogP contribution < -0.4 is 19.5 Å². The molecule has 1 saturated heterocycles. The second kappa shape index (κ2) is 9.18. The Balaban J connectivity index is 1.33. The molecule has 1 atom stereocenters. The fraction of sp³-hybridized carbons (Fsp3) is 0.435. The maximum Gasteiger partial charge on any atom is 0.231 e. The molecule has 0 saturated carbocycles. The summed E-state index contributed by atoms with van der Waals surface area (Å²) in [4.78, 5) is 15.0.